The van der Waals surface area contributed by atoms with Gasteiger partial charge in [0.1, 0.15) is 0 Å². The van der Waals surface area contributed by atoms with Crippen LogP contribution in [0.2, 0.25) is 0 Å². The summed E-state index contributed by atoms with van der Waals surface area (Å²) in [5.41, 5.74) is 0. The molecule has 0 aliphatic carbocycles. The normalized spacial score (nSPS) is 30.0. The van der Waals surface area contributed by atoms with Crippen molar-refractivity contribution in [1.82, 2.24) is 5.32 Å². The lowest BCUT2D eigenvalue weighted by molar-refractivity contribution is -0.119. The van der Waals surface area contributed by atoms with E-state index in [9.17, 15) is 4.79 Å². The summed E-state index contributed by atoms with van der Waals surface area (Å²) in [6.45, 7) is 8.73. The fourth-order valence-electron chi connectivity index (χ4n) is 2.00. The van der Waals surface area contributed by atoms with Crippen LogP contribution in [-0.4, -0.2) is 11.9 Å². The van der Waals surface area contributed by atoms with Crippen LogP contribution in [0.3, 0.4) is 0 Å². The second kappa shape index (κ2) is 3.46. The van der Waals surface area contributed by atoms with Crippen molar-refractivity contribution in [2.45, 2.75) is 40.2 Å². The molecule has 1 rings (SSSR count). The van der Waals surface area contributed by atoms with Crippen LogP contribution < -0.4 is 5.32 Å². The molecule has 2 atom stereocenters. The van der Waals surface area contributed by atoms with Crippen LogP contribution in [0.5, 0.6) is 0 Å². The molecule has 1 aliphatic rings. The van der Waals surface area contributed by atoms with Crippen LogP contribution in [0.25, 0.3) is 0 Å². The van der Waals surface area contributed by atoms with Crippen LogP contribution >= 0.6 is 0 Å². The zero-order valence-corrected chi connectivity index (χ0v) is 8.42. The van der Waals surface area contributed by atoms with E-state index in [0.29, 0.717) is 23.8 Å². The van der Waals surface area contributed by atoms with Crippen LogP contribution in [0, 0.1) is 17.8 Å². The van der Waals surface area contributed by atoms with E-state index < -0.39 is 0 Å². The lowest BCUT2D eigenvalue weighted by atomic mass is 9.84. The number of nitrogens with one attached hydrogen (secondary N) is 1. The van der Waals surface area contributed by atoms with Gasteiger partial charge in [0.05, 0.1) is 0 Å². The van der Waals surface area contributed by atoms with Gasteiger partial charge in [0.25, 0.3) is 0 Å². The molecule has 1 heterocycles. The second-order valence-electron chi connectivity index (χ2n) is 4.45. The number of carbonyl (C=O) groups is 1. The maximum Gasteiger partial charge on any atom is 0.220 e. The number of hydrogen-bond acceptors (Lipinski definition) is 1. The summed E-state index contributed by atoms with van der Waals surface area (Å²) in [5.74, 6) is 1.94. The molecule has 0 radical (unpaired) electrons. The summed E-state index contributed by atoms with van der Waals surface area (Å²) in [5, 5.41) is 3.05. The summed E-state index contributed by atoms with van der Waals surface area (Å²) < 4.78 is 0. The predicted octanol–water partition coefficient (Wildman–Crippen LogP) is 1.80. The summed E-state index contributed by atoms with van der Waals surface area (Å²) >= 11 is 0. The smallest absolute Gasteiger partial charge is 0.220 e. The highest BCUT2D eigenvalue weighted by Gasteiger charge is 2.35. The highest BCUT2D eigenvalue weighted by atomic mass is 16.2. The molecule has 2 nitrogen and oxygen atoms in total. The molecule has 1 amide bonds. The minimum atomic E-state index is 0.229. The zero-order chi connectivity index (χ0) is 9.30. The number of amides is 1. The summed E-state index contributed by atoms with van der Waals surface area (Å²) in [7, 11) is 0. The average Bonchev–Trinajstić information content (AvgIpc) is 2.31. The van der Waals surface area contributed by atoms with E-state index in [-0.39, 0.29) is 5.91 Å². The minimum Gasteiger partial charge on any atom is -0.353 e. The van der Waals surface area contributed by atoms with Crippen molar-refractivity contribution in [2.75, 3.05) is 0 Å². The van der Waals surface area contributed by atoms with Crippen molar-refractivity contribution in [3.8, 4) is 0 Å². The van der Waals surface area contributed by atoms with Crippen molar-refractivity contribution in [2.24, 2.45) is 17.8 Å². The standard InChI is InChI=1S/C10H19NO/c1-6(2)8-5-9(12)11-10(8)7(3)4/h6-8,10H,5H2,1-4H3,(H,11,12)/t8-,10+/m1/s1. The Bertz CT molecular complexity index is 157. The highest BCUT2D eigenvalue weighted by molar-refractivity contribution is 5.79. The van der Waals surface area contributed by atoms with E-state index in [2.05, 4.69) is 33.0 Å². The number of carbonyl (C=O) groups excluding carboxylic acids is 1. The third kappa shape index (κ3) is 1.79. The first kappa shape index (κ1) is 9.56. The van der Waals surface area contributed by atoms with Crippen molar-refractivity contribution in [3.05, 3.63) is 0 Å². The third-order valence-electron chi connectivity index (χ3n) is 2.78. The van der Waals surface area contributed by atoms with Gasteiger partial charge in [-0.15, -0.1) is 0 Å². The van der Waals surface area contributed by atoms with Crippen molar-refractivity contribution in [3.63, 3.8) is 0 Å². The van der Waals surface area contributed by atoms with Gasteiger partial charge in [0, 0.05) is 12.5 Å². The molecule has 1 N–H and O–H groups in total. The Balaban J connectivity index is 2.65. The van der Waals surface area contributed by atoms with Gasteiger partial charge < -0.3 is 5.32 Å². The van der Waals surface area contributed by atoms with Crippen LogP contribution in [0.4, 0.5) is 0 Å². The first-order valence-electron chi connectivity index (χ1n) is 4.81. The highest BCUT2D eigenvalue weighted by Crippen LogP contribution is 2.28. The molecular formula is C10H19NO. The predicted molar refractivity (Wildman–Crippen MR) is 49.7 cm³/mol. The van der Waals surface area contributed by atoms with Gasteiger partial charge in [-0.3, -0.25) is 4.79 Å². The topological polar surface area (TPSA) is 29.1 Å². The fourth-order valence-corrected chi connectivity index (χ4v) is 2.00. The van der Waals surface area contributed by atoms with Gasteiger partial charge in [-0.25, -0.2) is 0 Å². The molecule has 0 spiro atoms. The van der Waals surface area contributed by atoms with E-state index in [1.807, 2.05) is 0 Å². The molecule has 0 bridgehead atoms. The Morgan fingerprint density at radius 1 is 1.25 bits per heavy atom. The first-order chi connectivity index (χ1) is 5.52. The van der Waals surface area contributed by atoms with Gasteiger partial charge in [0.15, 0.2) is 0 Å². The molecule has 1 fully saturated rings. The lowest BCUT2D eigenvalue weighted by Crippen LogP contribution is -2.35. The molecule has 0 aromatic heterocycles. The van der Waals surface area contributed by atoms with E-state index >= 15 is 0 Å². The molecule has 1 aliphatic heterocycles. The van der Waals surface area contributed by atoms with Crippen LogP contribution in [-0.2, 0) is 4.79 Å². The zero-order valence-electron chi connectivity index (χ0n) is 8.42. The van der Waals surface area contributed by atoms with Crippen molar-refractivity contribution >= 4 is 5.91 Å². The second-order valence-corrected chi connectivity index (χ2v) is 4.45. The summed E-state index contributed by atoms with van der Waals surface area (Å²) in [4.78, 5) is 11.2. The fraction of sp³-hybridized carbons (Fsp3) is 0.900. The van der Waals surface area contributed by atoms with Gasteiger partial charge in [0.2, 0.25) is 5.91 Å². The van der Waals surface area contributed by atoms with Gasteiger partial charge in [-0.1, -0.05) is 27.7 Å². The van der Waals surface area contributed by atoms with Gasteiger partial charge in [-0.05, 0) is 17.8 Å². The molecule has 12 heavy (non-hydrogen) atoms. The maximum atomic E-state index is 11.2. The Morgan fingerprint density at radius 3 is 2.17 bits per heavy atom. The molecule has 0 saturated carbocycles. The Morgan fingerprint density at radius 2 is 1.83 bits per heavy atom. The average molecular weight is 169 g/mol. The molecule has 0 aromatic carbocycles. The number of rotatable bonds is 2. The quantitative estimate of drug-likeness (QED) is 0.671. The third-order valence-corrected chi connectivity index (χ3v) is 2.78. The molecular weight excluding hydrogens is 150 g/mol. The van der Waals surface area contributed by atoms with Crippen molar-refractivity contribution < 1.29 is 4.79 Å². The lowest BCUT2D eigenvalue weighted by Gasteiger charge is -2.25. The summed E-state index contributed by atoms with van der Waals surface area (Å²) in [6.07, 6.45) is 0.723. The molecule has 2 heteroatoms. The van der Waals surface area contributed by atoms with E-state index in [1.165, 1.54) is 0 Å². The molecule has 70 valence electrons. The van der Waals surface area contributed by atoms with E-state index in [4.69, 9.17) is 0 Å². The SMILES string of the molecule is CC(C)[C@H]1CC(=O)N[C@H]1C(C)C. The van der Waals surface area contributed by atoms with Crippen LogP contribution in [0.15, 0.2) is 0 Å². The van der Waals surface area contributed by atoms with Crippen LogP contribution in [0.1, 0.15) is 34.1 Å². The molecule has 1 saturated heterocycles. The molecule has 0 unspecified atom stereocenters. The monoisotopic (exact) mass is 169 g/mol. The van der Waals surface area contributed by atoms with Gasteiger partial charge in [-0.2, -0.15) is 0 Å². The Labute approximate surface area is 74.7 Å². The minimum absolute atomic E-state index is 0.229. The maximum absolute atomic E-state index is 11.2. The van der Waals surface area contributed by atoms with Crippen molar-refractivity contribution in [1.29, 1.82) is 0 Å². The summed E-state index contributed by atoms with van der Waals surface area (Å²) in [6, 6.07) is 0.400. The molecule has 0 aromatic rings. The first-order valence-corrected chi connectivity index (χ1v) is 4.81. The number of hydrogen-bond donors (Lipinski definition) is 1. The van der Waals surface area contributed by atoms with E-state index in [0.717, 1.165) is 6.42 Å². The Hall–Kier alpha value is -0.530. The Kier molecular flexibility index (Phi) is 2.76. The van der Waals surface area contributed by atoms with E-state index in [1.54, 1.807) is 0 Å². The largest absolute Gasteiger partial charge is 0.353 e. The van der Waals surface area contributed by atoms with Gasteiger partial charge >= 0.3 is 0 Å².